The predicted octanol–water partition coefficient (Wildman–Crippen LogP) is 3.35. The van der Waals surface area contributed by atoms with Crippen LogP contribution in [0, 0.1) is 5.82 Å². The number of ether oxygens (including phenoxy) is 1. The normalized spacial score (nSPS) is 18.3. The van der Waals surface area contributed by atoms with Crippen LogP contribution in [-0.2, 0) is 19.4 Å². The lowest BCUT2D eigenvalue weighted by Crippen LogP contribution is -2.50. The Kier molecular flexibility index (Phi) is 7.17. The Balaban J connectivity index is 2.32. The number of carbonyl (C=O) groups excluding carboxylic acids is 1. The monoisotopic (exact) mass is 397 g/mol. The van der Waals surface area contributed by atoms with E-state index >= 15 is 0 Å². The first-order chi connectivity index (χ1) is 12.7. The molecule has 1 saturated heterocycles. The fraction of sp³-hybridized carbons (Fsp3) is 0.550. The van der Waals surface area contributed by atoms with E-state index in [0.717, 1.165) is 18.7 Å². The van der Waals surface area contributed by atoms with Crippen molar-refractivity contribution >= 4 is 15.8 Å². The minimum Gasteiger partial charge on any atom is -0.466 e. The van der Waals surface area contributed by atoms with E-state index in [1.165, 1.54) is 17.7 Å². The average Bonchev–Trinajstić information content (AvgIpc) is 2.63. The molecule has 1 aromatic carbocycles. The predicted molar refractivity (Wildman–Crippen MR) is 103 cm³/mol. The van der Waals surface area contributed by atoms with Gasteiger partial charge in [0.2, 0.25) is 0 Å². The van der Waals surface area contributed by atoms with Crippen LogP contribution in [0.2, 0.25) is 0 Å². The summed E-state index contributed by atoms with van der Waals surface area (Å²) in [5, 5.41) is 0. The average molecular weight is 398 g/mol. The van der Waals surface area contributed by atoms with Gasteiger partial charge in [-0.05, 0) is 57.9 Å². The molecule has 2 rings (SSSR count). The van der Waals surface area contributed by atoms with Crippen LogP contribution in [0.15, 0.2) is 40.8 Å². The van der Waals surface area contributed by atoms with Gasteiger partial charge in [0.1, 0.15) is 5.82 Å². The minimum atomic E-state index is -3.82. The third-order valence-electron chi connectivity index (χ3n) is 5.20. The van der Waals surface area contributed by atoms with E-state index in [1.807, 2.05) is 19.9 Å². The van der Waals surface area contributed by atoms with Crippen LogP contribution >= 0.6 is 0 Å². The van der Waals surface area contributed by atoms with Gasteiger partial charge in [0.25, 0.3) is 0 Å². The number of benzene rings is 1. The SMILES string of the molecule is CC=C(C)CN1CCC(CC(=O)OCC)(S(=O)(=O)c2ccc(F)cc2)CC1. The number of sulfone groups is 1. The summed E-state index contributed by atoms with van der Waals surface area (Å²) in [4.78, 5) is 14.4. The number of rotatable bonds is 7. The summed E-state index contributed by atoms with van der Waals surface area (Å²) in [7, 11) is -3.82. The van der Waals surface area contributed by atoms with E-state index < -0.39 is 26.4 Å². The molecule has 27 heavy (non-hydrogen) atoms. The van der Waals surface area contributed by atoms with Crippen LogP contribution in [-0.4, -0.2) is 50.3 Å². The molecular weight excluding hydrogens is 369 g/mol. The first-order valence-corrected chi connectivity index (χ1v) is 10.7. The van der Waals surface area contributed by atoms with Gasteiger partial charge in [-0.1, -0.05) is 11.6 Å². The highest BCUT2D eigenvalue weighted by Gasteiger charge is 2.48. The Morgan fingerprint density at radius 1 is 1.26 bits per heavy atom. The Morgan fingerprint density at radius 3 is 2.37 bits per heavy atom. The highest BCUT2D eigenvalue weighted by molar-refractivity contribution is 7.92. The topological polar surface area (TPSA) is 63.7 Å². The third-order valence-corrected chi connectivity index (χ3v) is 7.78. The molecule has 0 atom stereocenters. The molecular formula is C20H28FNO4S. The number of allylic oxidation sites excluding steroid dienone is 1. The van der Waals surface area contributed by atoms with Crippen LogP contribution in [0.4, 0.5) is 4.39 Å². The molecule has 0 aromatic heterocycles. The molecule has 5 nitrogen and oxygen atoms in total. The van der Waals surface area contributed by atoms with Crippen LogP contribution in [0.25, 0.3) is 0 Å². The van der Waals surface area contributed by atoms with Gasteiger partial charge in [0.15, 0.2) is 9.84 Å². The van der Waals surface area contributed by atoms with Crippen molar-refractivity contribution in [1.29, 1.82) is 0 Å². The molecule has 1 aliphatic rings. The van der Waals surface area contributed by atoms with Crippen molar-refractivity contribution in [1.82, 2.24) is 4.90 Å². The number of hydrogen-bond acceptors (Lipinski definition) is 5. The van der Waals surface area contributed by atoms with E-state index in [0.29, 0.717) is 25.9 Å². The highest BCUT2D eigenvalue weighted by atomic mass is 32.2. The quantitative estimate of drug-likeness (QED) is 0.401. The summed E-state index contributed by atoms with van der Waals surface area (Å²) < 4.78 is 43.8. The Bertz CT molecular complexity index is 779. The molecule has 0 unspecified atom stereocenters. The number of esters is 1. The van der Waals surface area contributed by atoms with Gasteiger partial charge in [-0.2, -0.15) is 0 Å². The van der Waals surface area contributed by atoms with E-state index in [9.17, 15) is 17.6 Å². The molecule has 1 heterocycles. The maximum Gasteiger partial charge on any atom is 0.307 e. The lowest BCUT2D eigenvalue weighted by atomic mass is 9.92. The molecule has 1 aromatic rings. The van der Waals surface area contributed by atoms with Crippen molar-refractivity contribution in [3.8, 4) is 0 Å². The van der Waals surface area contributed by atoms with Gasteiger partial charge in [-0.15, -0.1) is 0 Å². The molecule has 0 radical (unpaired) electrons. The fourth-order valence-corrected chi connectivity index (χ4v) is 5.46. The van der Waals surface area contributed by atoms with Crippen LogP contribution < -0.4 is 0 Å². The summed E-state index contributed by atoms with van der Waals surface area (Å²) in [6.07, 6.45) is 2.53. The number of piperidine rings is 1. The molecule has 0 amide bonds. The second-order valence-electron chi connectivity index (χ2n) is 7.03. The first kappa shape index (κ1) is 21.6. The molecule has 0 saturated carbocycles. The summed E-state index contributed by atoms with van der Waals surface area (Å²) in [5.74, 6) is -1.01. The maximum atomic E-state index is 13.4. The Morgan fingerprint density at radius 2 is 1.85 bits per heavy atom. The van der Waals surface area contributed by atoms with Gasteiger partial charge in [0, 0.05) is 19.6 Å². The standard InChI is InChI=1S/C20H28FNO4S/c1-4-16(3)15-22-12-10-20(11-13-22,14-19(23)26-5-2)27(24,25)18-8-6-17(21)7-9-18/h4,6-9H,5,10-15H2,1-3H3. The highest BCUT2D eigenvalue weighted by Crippen LogP contribution is 2.39. The zero-order valence-corrected chi connectivity index (χ0v) is 17.0. The summed E-state index contributed by atoms with van der Waals surface area (Å²) in [6.45, 7) is 7.84. The van der Waals surface area contributed by atoms with Crippen LogP contribution in [0.1, 0.15) is 40.0 Å². The number of carbonyl (C=O) groups is 1. The van der Waals surface area contributed by atoms with Gasteiger partial charge >= 0.3 is 5.97 Å². The maximum absolute atomic E-state index is 13.4. The second kappa shape index (κ2) is 8.97. The molecule has 150 valence electrons. The van der Waals surface area contributed by atoms with Gasteiger partial charge < -0.3 is 4.74 Å². The molecule has 0 N–H and O–H groups in total. The Hall–Kier alpha value is -1.73. The lowest BCUT2D eigenvalue weighted by Gasteiger charge is -2.40. The van der Waals surface area contributed by atoms with Crippen molar-refractivity contribution < 1.29 is 22.3 Å². The summed E-state index contributed by atoms with van der Waals surface area (Å²) in [6, 6.07) is 4.81. The summed E-state index contributed by atoms with van der Waals surface area (Å²) in [5.41, 5.74) is 1.22. The number of likely N-dealkylation sites (tertiary alicyclic amines) is 1. The van der Waals surface area contributed by atoms with Crippen molar-refractivity contribution in [3.63, 3.8) is 0 Å². The van der Waals surface area contributed by atoms with Crippen LogP contribution in [0.3, 0.4) is 0 Å². The zero-order valence-electron chi connectivity index (χ0n) is 16.2. The molecule has 0 aliphatic carbocycles. The van der Waals surface area contributed by atoms with Crippen molar-refractivity contribution in [3.05, 3.63) is 41.7 Å². The number of halogens is 1. The molecule has 1 aliphatic heterocycles. The minimum absolute atomic E-state index is 0.0475. The van der Waals surface area contributed by atoms with Crippen molar-refractivity contribution in [2.75, 3.05) is 26.2 Å². The fourth-order valence-electron chi connectivity index (χ4n) is 3.44. The van der Waals surface area contributed by atoms with E-state index in [1.54, 1.807) is 6.92 Å². The van der Waals surface area contributed by atoms with Crippen molar-refractivity contribution in [2.45, 2.75) is 49.7 Å². The largest absolute Gasteiger partial charge is 0.466 e. The Labute approximate surface area is 161 Å². The molecule has 0 spiro atoms. The summed E-state index contributed by atoms with van der Waals surface area (Å²) >= 11 is 0. The number of nitrogens with zero attached hydrogens (tertiary/aromatic N) is 1. The second-order valence-corrected chi connectivity index (χ2v) is 9.38. The van der Waals surface area contributed by atoms with Crippen molar-refractivity contribution in [2.24, 2.45) is 0 Å². The van der Waals surface area contributed by atoms with E-state index in [2.05, 4.69) is 4.90 Å². The third kappa shape index (κ3) is 4.96. The van der Waals surface area contributed by atoms with E-state index in [-0.39, 0.29) is 17.9 Å². The van der Waals surface area contributed by atoms with E-state index in [4.69, 9.17) is 4.74 Å². The van der Waals surface area contributed by atoms with Gasteiger partial charge in [0.05, 0.1) is 22.7 Å². The van der Waals surface area contributed by atoms with Gasteiger partial charge in [-0.25, -0.2) is 12.8 Å². The number of hydrogen-bond donors (Lipinski definition) is 0. The smallest absolute Gasteiger partial charge is 0.307 e. The molecule has 1 fully saturated rings. The first-order valence-electron chi connectivity index (χ1n) is 9.24. The molecule has 0 bridgehead atoms. The molecule has 7 heteroatoms. The zero-order chi connectivity index (χ0) is 20.1. The van der Waals surface area contributed by atoms with Gasteiger partial charge in [-0.3, -0.25) is 9.69 Å². The lowest BCUT2D eigenvalue weighted by molar-refractivity contribution is -0.144. The van der Waals surface area contributed by atoms with Crippen LogP contribution in [0.5, 0.6) is 0 Å².